The Labute approximate surface area is 153 Å². The summed E-state index contributed by atoms with van der Waals surface area (Å²) in [5, 5.41) is 3.56. The maximum atomic E-state index is 4.84. The fraction of sp³-hybridized carbons (Fsp3) is 0.682. The molecule has 1 atom stereocenters. The van der Waals surface area contributed by atoms with Crippen LogP contribution in [0.4, 0.5) is 5.69 Å². The number of hydrogen-bond acceptors (Lipinski definition) is 3. The minimum atomic E-state index is 0.567. The van der Waals surface area contributed by atoms with E-state index in [1.807, 2.05) is 0 Å². The average molecular weight is 342 g/mol. The SMILES string of the molecule is CC(C)C[C@H]1CN=C(Nc2ccccc2)N1CCCC1CCCCC1. The molecule has 1 aliphatic carbocycles. The Morgan fingerprint density at radius 3 is 2.60 bits per heavy atom. The maximum Gasteiger partial charge on any atom is 0.198 e. The Hall–Kier alpha value is -1.51. The summed E-state index contributed by atoms with van der Waals surface area (Å²) in [7, 11) is 0. The first kappa shape index (κ1) is 18.3. The predicted octanol–water partition coefficient (Wildman–Crippen LogP) is 5.55. The molecular weight excluding hydrogens is 306 g/mol. The van der Waals surface area contributed by atoms with Crippen molar-refractivity contribution in [1.29, 1.82) is 0 Å². The van der Waals surface area contributed by atoms with Gasteiger partial charge in [0.1, 0.15) is 0 Å². The van der Waals surface area contributed by atoms with Crippen LogP contribution < -0.4 is 5.32 Å². The van der Waals surface area contributed by atoms with Crippen LogP contribution in [0, 0.1) is 11.8 Å². The number of anilines is 1. The summed E-state index contributed by atoms with van der Waals surface area (Å²) in [5.41, 5.74) is 1.14. The molecular formula is C22H35N3. The first-order valence-electron chi connectivity index (χ1n) is 10.4. The summed E-state index contributed by atoms with van der Waals surface area (Å²) in [6.45, 7) is 6.73. The molecule has 1 saturated carbocycles. The second-order valence-corrected chi connectivity index (χ2v) is 8.28. The molecule has 0 spiro atoms. The quantitative estimate of drug-likeness (QED) is 0.704. The molecule has 1 heterocycles. The molecule has 0 unspecified atom stereocenters. The molecule has 1 aliphatic heterocycles. The van der Waals surface area contributed by atoms with Gasteiger partial charge in [0.2, 0.25) is 0 Å². The first-order valence-corrected chi connectivity index (χ1v) is 10.4. The van der Waals surface area contributed by atoms with Crippen molar-refractivity contribution in [2.75, 3.05) is 18.4 Å². The smallest absolute Gasteiger partial charge is 0.198 e. The van der Waals surface area contributed by atoms with E-state index >= 15 is 0 Å². The standard InChI is InChI=1S/C22H35N3/c1-18(2)16-21-17-23-22(24-20-13-7-4-8-14-20)25(21)15-9-12-19-10-5-3-6-11-19/h4,7-8,13-14,18-19,21H,3,5-6,9-12,15-17H2,1-2H3,(H,23,24)/t21-/m0/s1. The van der Waals surface area contributed by atoms with Gasteiger partial charge < -0.3 is 10.2 Å². The summed E-state index contributed by atoms with van der Waals surface area (Å²) in [5.74, 6) is 2.78. The van der Waals surface area contributed by atoms with Crippen LogP contribution in [0.1, 0.15) is 65.2 Å². The lowest BCUT2D eigenvalue weighted by Crippen LogP contribution is -2.41. The maximum absolute atomic E-state index is 4.84. The van der Waals surface area contributed by atoms with Gasteiger partial charge in [-0.05, 0) is 43.2 Å². The highest BCUT2D eigenvalue weighted by molar-refractivity contribution is 5.95. The van der Waals surface area contributed by atoms with E-state index in [1.165, 1.54) is 51.4 Å². The zero-order valence-electron chi connectivity index (χ0n) is 16.1. The monoisotopic (exact) mass is 341 g/mol. The molecule has 1 N–H and O–H groups in total. The molecule has 3 rings (SSSR count). The molecule has 2 aliphatic rings. The van der Waals surface area contributed by atoms with Crippen molar-refractivity contribution in [3.63, 3.8) is 0 Å². The third kappa shape index (κ3) is 5.49. The highest BCUT2D eigenvalue weighted by Crippen LogP contribution is 2.28. The highest BCUT2D eigenvalue weighted by Gasteiger charge is 2.28. The largest absolute Gasteiger partial charge is 0.338 e. The Morgan fingerprint density at radius 1 is 1.12 bits per heavy atom. The second kappa shape index (κ2) is 9.26. The number of guanidine groups is 1. The number of hydrogen-bond donors (Lipinski definition) is 1. The summed E-state index contributed by atoms with van der Waals surface area (Å²) >= 11 is 0. The van der Waals surface area contributed by atoms with Gasteiger partial charge in [-0.2, -0.15) is 0 Å². The lowest BCUT2D eigenvalue weighted by atomic mass is 9.86. The van der Waals surface area contributed by atoms with E-state index < -0.39 is 0 Å². The third-order valence-corrected chi connectivity index (χ3v) is 5.67. The van der Waals surface area contributed by atoms with Gasteiger partial charge in [-0.15, -0.1) is 0 Å². The number of nitrogens with zero attached hydrogens (tertiary/aromatic N) is 2. The highest BCUT2D eigenvalue weighted by atomic mass is 15.4. The Balaban J connectivity index is 1.56. The lowest BCUT2D eigenvalue weighted by Gasteiger charge is -2.30. The van der Waals surface area contributed by atoms with Crippen molar-refractivity contribution < 1.29 is 0 Å². The molecule has 0 bridgehead atoms. The van der Waals surface area contributed by atoms with Crippen LogP contribution in [0.2, 0.25) is 0 Å². The van der Waals surface area contributed by atoms with Gasteiger partial charge in [0.25, 0.3) is 0 Å². The molecule has 25 heavy (non-hydrogen) atoms. The zero-order valence-corrected chi connectivity index (χ0v) is 16.1. The molecule has 0 radical (unpaired) electrons. The number of aliphatic imine (C=N–C) groups is 1. The van der Waals surface area contributed by atoms with Crippen LogP contribution in [0.5, 0.6) is 0 Å². The van der Waals surface area contributed by atoms with E-state index in [-0.39, 0.29) is 0 Å². The van der Waals surface area contributed by atoms with Crippen LogP contribution in [0.3, 0.4) is 0 Å². The van der Waals surface area contributed by atoms with Crippen LogP contribution >= 0.6 is 0 Å². The molecule has 1 aromatic rings. The molecule has 0 aromatic heterocycles. The Bertz CT molecular complexity index is 531. The number of nitrogens with one attached hydrogen (secondary N) is 1. The van der Waals surface area contributed by atoms with Gasteiger partial charge in [0.05, 0.1) is 12.6 Å². The van der Waals surface area contributed by atoms with E-state index in [9.17, 15) is 0 Å². The van der Waals surface area contributed by atoms with Gasteiger partial charge >= 0.3 is 0 Å². The Morgan fingerprint density at radius 2 is 1.88 bits per heavy atom. The van der Waals surface area contributed by atoms with Crippen LogP contribution in [-0.2, 0) is 0 Å². The number of benzene rings is 1. The van der Waals surface area contributed by atoms with Gasteiger partial charge in [-0.3, -0.25) is 4.99 Å². The summed E-state index contributed by atoms with van der Waals surface area (Å²) in [6.07, 6.45) is 11.2. The van der Waals surface area contributed by atoms with Crippen molar-refractivity contribution >= 4 is 11.6 Å². The molecule has 1 fully saturated rings. The van der Waals surface area contributed by atoms with Gasteiger partial charge in [0, 0.05) is 12.2 Å². The van der Waals surface area contributed by atoms with Crippen LogP contribution in [0.25, 0.3) is 0 Å². The normalized spacial score (nSPS) is 21.6. The van der Waals surface area contributed by atoms with Crippen molar-refractivity contribution in [1.82, 2.24) is 4.90 Å². The van der Waals surface area contributed by atoms with Crippen LogP contribution in [-0.4, -0.2) is 30.0 Å². The molecule has 3 nitrogen and oxygen atoms in total. The van der Waals surface area contributed by atoms with E-state index in [1.54, 1.807) is 0 Å². The van der Waals surface area contributed by atoms with Crippen LogP contribution in [0.15, 0.2) is 35.3 Å². The van der Waals surface area contributed by atoms with E-state index in [2.05, 4.69) is 54.4 Å². The molecule has 1 aromatic carbocycles. The lowest BCUT2D eigenvalue weighted by molar-refractivity contribution is 0.271. The summed E-state index contributed by atoms with van der Waals surface area (Å²) < 4.78 is 0. The fourth-order valence-corrected chi connectivity index (χ4v) is 4.38. The fourth-order valence-electron chi connectivity index (χ4n) is 4.38. The van der Waals surface area contributed by atoms with Crippen molar-refractivity contribution in [3.8, 4) is 0 Å². The summed E-state index contributed by atoms with van der Waals surface area (Å²) in [4.78, 5) is 7.40. The van der Waals surface area contributed by atoms with E-state index in [0.717, 1.165) is 36.6 Å². The molecule has 0 amide bonds. The average Bonchev–Trinajstić information content (AvgIpc) is 2.98. The first-order chi connectivity index (χ1) is 12.2. The molecule has 138 valence electrons. The minimum Gasteiger partial charge on any atom is -0.338 e. The van der Waals surface area contributed by atoms with Gasteiger partial charge in [-0.1, -0.05) is 64.2 Å². The third-order valence-electron chi connectivity index (χ3n) is 5.67. The van der Waals surface area contributed by atoms with E-state index in [0.29, 0.717) is 6.04 Å². The van der Waals surface area contributed by atoms with E-state index in [4.69, 9.17) is 4.99 Å². The number of rotatable bonds is 7. The summed E-state index contributed by atoms with van der Waals surface area (Å²) in [6, 6.07) is 11.0. The minimum absolute atomic E-state index is 0.567. The van der Waals surface area contributed by atoms with Crippen molar-refractivity contribution in [3.05, 3.63) is 30.3 Å². The Kier molecular flexibility index (Phi) is 6.77. The molecule has 3 heteroatoms. The second-order valence-electron chi connectivity index (χ2n) is 8.28. The van der Waals surface area contributed by atoms with Crippen molar-refractivity contribution in [2.24, 2.45) is 16.8 Å². The topological polar surface area (TPSA) is 27.6 Å². The zero-order chi connectivity index (χ0) is 17.5. The predicted molar refractivity (Wildman–Crippen MR) is 108 cm³/mol. The number of para-hydroxylation sites is 1. The molecule has 0 saturated heterocycles. The van der Waals surface area contributed by atoms with Gasteiger partial charge in [-0.25, -0.2) is 0 Å². The van der Waals surface area contributed by atoms with Crippen molar-refractivity contribution in [2.45, 2.75) is 71.3 Å². The van der Waals surface area contributed by atoms with Gasteiger partial charge in [0.15, 0.2) is 5.96 Å².